The van der Waals surface area contributed by atoms with Crippen molar-refractivity contribution < 1.29 is 17.9 Å². The van der Waals surface area contributed by atoms with E-state index in [0.717, 1.165) is 12.1 Å². The number of anilines is 1. The topological polar surface area (TPSA) is 48.1 Å². The molecule has 0 spiro atoms. The van der Waals surface area contributed by atoms with Crippen LogP contribution in [0.2, 0.25) is 0 Å². The number of benzene rings is 1. The van der Waals surface area contributed by atoms with Gasteiger partial charge in [0.25, 0.3) is 0 Å². The third-order valence-corrected chi connectivity index (χ3v) is 2.19. The molecule has 18 heavy (non-hydrogen) atoms. The van der Waals surface area contributed by atoms with Crippen LogP contribution < -0.4 is 10.5 Å². The lowest BCUT2D eigenvalue weighted by Crippen LogP contribution is -2.04. The Morgan fingerprint density at radius 2 is 1.89 bits per heavy atom. The molecule has 1 aromatic heterocycles. The van der Waals surface area contributed by atoms with Crippen molar-refractivity contribution in [3.05, 3.63) is 48.2 Å². The van der Waals surface area contributed by atoms with E-state index in [4.69, 9.17) is 10.5 Å². The maximum atomic E-state index is 12.5. The SMILES string of the molecule is Nc1ncccc1Oc1cccc(C(F)(F)F)c1. The summed E-state index contributed by atoms with van der Waals surface area (Å²) in [5, 5.41) is 0. The molecule has 0 saturated carbocycles. The van der Waals surface area contributed by atoms with E-state index in [-0.39, 0.29) is 17.3 Å². The van der Waals surface area contributed by atoms with Crippen LogP contribution >= 0.6 is 0 Å². The van der Waals surface area contributed by atoms with Crippen molar-refractivity contribution in [3.63, 3.8) is 0 Å². The van der Waals surface area contributed by atoms with E-state index in [2.05, 4.69) is 4.98 Å². The summed E-state index contributed by atoms with van der Waals surface area (Å²) in [4.78, 5) is 3.78. The quantitative estimate of drug-likeness (QED) is 0.892. The standard InChI is InChI=1S/C12H9F3N2O/c13-12(14,15)8-3-1-4-9(7-8)18-10-5-2-6-17-11(10)16/h1-7H,(H2,16,17). The highest BCUT2D eigenvalue weighted by atomic mass is 19.4. The molecule has 2 rings (SSSR count). The summed E-state index contributed by atoms with van der Waals surface area (Å²) in [7, 11) is 0. The molecule has 0 amide bonds. The number of rotatable bonds is 2. The second kappa shape index (κ2) is 4.56. The maximum absolute atomic E-state index is 12.5. The van der Waals surface area contributed by atoms with E-state index < -0.39 is 11.7 Å². The molecule has 0 aliphatic heterocycles. The molecular weight excluding hydrogens is 245 g/mol. The van der Waals surface area contributed by atoms with Gasteiger partial charge in [-0.2, -0.15) is 13.2 Å². The Bertz CT molecular complexity index is 555. The first-order chi connectivity index (χ1) is 8.47. The highest BCUT2D eigenvalue weighted by molar-refractivity contribution is 5.47. The van der Waals surface area contributed by atoms with E-state index in [1.807, 2.05) is 0 Å². The Balaban J connectivity index is 2.28. The molecule has 2 aromatic rings. The number of aromatic nitrogens is 1. The van der Waals surface area contributed by atoms with Crippen molar-refractivity contribution in [1.82, 2.24) is 4.98 Å². The Kier molecular flexibility index (Phi) is 3.10. The molecule has 0 bridgehead atoms. The van der Waals surface area contributed by atoms with Crippen LogP contribution in [0.3, 0.4) is 0 Å². The van der Waals surface area contributed by atoms with Crippen molar-refractivity contribution in [2.75, 3.05) is 5.73 Å². The zero-order valence-electron chi connectivity index (χ0n) is 9.11. The van der Waals surface area contributed by atoms with Crippen LogP contribution in [0, 0.1) is 0 Å². The number of nitrogen functional groups attached to an aromatic ring is 1. The minimum absolute atomic E-state index is 0.0597. The van der Waals surface area contributed by atoms with Crippen LogP contribution in [0.1, 0.15) is 5.56 Å². The zero-order valence-corrected chi connectivity index (χ0v) is 9.11. The molecule has 0 atom stereocenters. The number of pyridine rings is 1. The summed E-state index contributed by atoms with van der Waals surface area (Å²) >= 11 is 0. The predicted molar refractivity (Wildman–Crippen MR) is 60.2 cm³/mol. The van der Waals surface area contributed by atoms with E-state index in [1.165, 1.54) is 24.4 Å². The lowest BCUT2D eigenvalue weighted by Gasteiger charge is -2.10. The van der Waals surface area contributed by atoms with E-state index in [1.54, 1.807) is 6.07 Å². The van der Waals surface area contributed by atoms with Gasteiger partial charge in [0.2, 0.25) is 0 Å². The maximum Gasteiger partial charge on any atom is 0.416 e. The first kappa shape index (κ1) is 12.2. The monoisotopic (exact) mass is 254 g/mol. The number of ether oxygens (including phenoxy) is 1. The third-order valence-electron chi connectivity index (χ3n) is 2.19. The number of nitrogens with two attached hydrogens (primary N) is 1. The summed E-state index contributed by atoms with van der Waals surface area (Å²) in [6, 6.07) is 7.68. The van der Waals surface area contributed by atoms with Crippen molar-refractivity contribution in [2.24, 2.45) is 0 Å². The summed E-state index contributed by atoms with van der Waals surface area (Å²) in [5.74, 6) is 0.399. The lowest BCUT2D eigenvalue weighted by atomic mass is 10.2. The predicted octanol–water partition coefficient (Wildman–Crippen LogP) is 3.47. The Morgan fingerprint density at radius 1 is 1.11 bits per heavy atom. The zero-order chi connectivity index (χ0) is 13.2. The second-order valence-corrected chi connectivity index (χ2v) is 3.51. The minimum atomic E-state index is -4.40. The number of hydrogen-bond acceptors (Lipinski definition) is 3. The number of halogens is 3. The van der Waals surface area contributed by atoms with Gasteiger partial charge in [-0.1, -0.05) is 6.07 Å². The van der Waals surface area contributed by atoms with Crippen LogP contribution in [0.15, 0.2) is 42.6 Å². The highest BCUT2D eigenvalue weighted by Crippen LogP contribution is 2.33. The number of alkyl halides is 3. The molecule has 0 aliphatic rings. The van der Waals surface area contributed by atoms with E-state index >= 15 is 0 Å². The van der Waals surface area contributed by atoms with Crippen molar-refractivity contribution >= 4 is 5.82 Å². The van der Waals surface area contributed by atoms with Gasteiger partial charge < -0.3 is 10.5 Å². The first-order valence-corrected chi connectivity index (χ1v) is 5.02. The summed E-state index contributed by atoms with van der Waals surface area (Å²) < 4.78 is 42.7. The van der Waals surface area contributed by atoms with Crippen LogP contribution in [-0.4, -0.2) is 4.98 Å². The van der Waals surface area contributed by atoms with Crippen molar-refractivity contribution in [3.8, 4) is 11.5 Å². The molecule has 0 saturated heterocycles. The number of hydrogen-bond donors (Lipinski definition) is 1. The van der Waals surface area contributed by atoms with Crippen LogP contribution in [0.25, 0.3) is 0 Å². The number of nitrogens with zero attached hydrogens (tertiary/aromatic N) is 1. The lowest BCUT2D eigenvalue weighted by molar-refractivity contribution is -0.137. The van der Waals surface area contributed by atoms with Gasteiger partial charge in [-0.25, -0.2) is 4.98 Å². The average molecular weight is 254 g/mol. The Labute approximate surface area is 101 Å². The molecule has 0 fully saturated rings. The molecular formula is C12H9F3N2O. The van der Waals surface area contributed by atoms with Gasteiger partial charge in [0.05, 0.1) is 5.56 Å². The second-order valence-electron chi connectivity index (χ2n) is 3.51. The van der Waals surface area contributed by atoms with Crippen LogP contribution in [0.5, 0.6) is 11.5 Å². The average Bonchev–Trinajstić information content (AvgIpc) is 2.31. The summed E-state index contributed by atoms with van der Waals surface area (Å²) in [6.45, 7) is 0. The molecule has 0 aliphatic carbocycles. The van der Waals surface area contributed by atoms with E-state index in [9.17, 15) is 13.2 Å². The molecule has 2 N–H and O–H groups in total. The van der Waals surface area contributed by atoms with Crippen molar-refractivity contribution in [2.45, 2.75) is 6.18 Å². The Morgan fingerprint density at radius 3 is 2.56 bits per heavy atom. The van der Waals surface area contributed by atoms with Crippen LogP contribution in [-0.2, 0) is 6.18 Å². The fourth-order valence-electron chi connectivity index (χ4n) is 1.35. The van der Waals surface area contributed by atoms with Gasteiger partial charge in [0.15, 0.2) is 11.6 Å². The fourth-order valence-corrected chi connectivity index (χ4v) is 1.35. The smallest absolute Gasteiger partial charge is 0.416 e. The molecule has 3 nitrogen and oxygen atoms in total. The largest absolute Gasteiger partial charge is 0.453 e. The molecule has 0 radical (unpaired) electrons. The van der Waals surface area contributed by atoms with Gasteiger partial charge in [-0.3, -0.25) is 0 Å². The summed E-state index contributed by atoms with van der Waals surface area (Å²) in [5.41, 5.74) is 4.76. The Hall–Kier alpha value is -2.24. The molecule has 94 valence electrons. The van der Waals surface area contributed by atoms with Crippen molar-refractivity contribution in [1.29, 1.82) is 0 Å². The normalized spacial score (nSPS) is 11.3. The fraction of sp³-hybridized carbons (Fsp3) is 0.0833. The van der Waals surface area contributed by atoms with Crippen LogP contribution in [0.4, 0.5) is 19.0 Å². The van der Waals surface area contributed by atoms with Gasteiger partial charge in [-0.15, -0.1) is 0 Å². The molecule has 0 unspecified atom stereocenters. The molecule has 1 heterocycles. The van der Waals surface area contributed by atoms with Gasteiger partial charge >= 0.3 is 6.18 Å². The summed E-state index contributed by atoms with van der Waals surface area (Å²) in [6.07, 6.45) is -2.94. The molecule has 6 heteroatoms. The first-order valence-electron chi connectivity index (χ1n) is 5.02. The van der Waals surface area contributed by atoms with Gasteiger partial charge in [0, 0.05) is 6.20 Å². The molecule has 1 aromatic carbocycles. The van der Waals surface area contributed by atoms with Gasteiger partial charge in [-0.05, 0) is 30.3 Å². The minimum Gasteiger partial charge on any atom is -0.453 e. The van der Waals surface area contributed by atoms with Gasteiger partial charge in [0.1, 0.15) is 5.75 Å². The van der Waals surface area contributed by atoms with E-state index in [0.29, 0.717) is 0 Å². The highest BCUT2D eigenvalue weighted by Gasteiger charge is 2.30. The third kappa shape index (κ3) is 2.71.